The predicted molar refractivity (Wildman–Crippen MR) is 66.2 cm³/mol. The summed E-state index contributed by atoms with van der Waals surface area (Å²) in [5.74, 6) is 0. The zero-order valence-corrected chi connectivity index (χ0v) is 11.3. The van der Waals surface area contributed by atoms with Crippen molar-refractivity contribution < 1.29 is 0 Å². The third-order valence-corrected chi connectivity index (χ3v) is 3.47. The number of aromatic nitrogens is 1. The van der Waals surface area contributed by atoms with Crippen LogP contribution in [0.15, 0.2) is 5.38 Å². The van der Waals surface area contributed by atoms with Gasteiger partial charge in [0.2, 0.25) is 0 Å². The molecule has 1 rings (SSSR count). The van der Waals surface area contributed by atoms with Crippen LogP contribution in [0, 0.1) is 6.92 Å². The minimum Gasteiger partial charge on any atom is -0.305 e. The van der Waals surface area contributed by atoms with Gasteiger partial charge in [0.15, 0.2) is 0 Å². The lowest BCUT2D eigenvalue weighted by atomic mass is 10.0. The highest BCUT2D eigenvalue weighted by atomic mass is 79.9. The number of aryl methyl sites for hydroxylation is 1. The van der Waals surface area contributed by atoms with Gasteiger partial charge >= 0.3 is 0 Å². The van der Waals surface area contributed by atoms with Crippen LogP contribution in [0.5, 0.6) is 0 Å². The normalized spacial score (nSPS) is 12.0. The van der Waals surface area contributed by atoms with Gasteiger partial charge in [0.05, 0.1) is 0 Å². The van der Waals surface area contributed by atoms with Crippen LogP contribution in [0.2, 0.25) is 0 Å². The molecule has 0 fully saturated rings. The molecule has 0 saturated heterocycles. The van der Waals surface area contributed by atoms with Gasteiger partial charge in [-0.3, -0.25) is 0 Å². The molecule has 0 aliphatic carbocycles. The van der Waals surface area contributed by atoms with Gasteiger partial charge in [-0.2, -0.15) is 0 Å². The van der Waals surface area contributed by atoms with Crippen molar-refractivity contribution in [3.63, 3.8) is 0 Å². The van der Waals surface area contributed by atoms with Gasteiger partial charge in [0.25, 0.3) is 0 Å². The number of hydrogen-bond donors (Lipinski definition) is 1. The quantitative estimate of drug-likeness (QED) is 0.836. The predicted octanol–water partition coefficient (Wildman–Crippen LogP) is 3.10. The number of rotatable bonds is 5. The van der Waals surface area contributed by atoms with Crippen molar-refractivity contribution in [2.24, 2.45) is 0 Å². The molecule has 0 bridgehead atoms. The molecular weight excluding hydrogens is 260 g/mol. The number of thiazole rings is 1. The highest BCUT2D eigenvalue weighted by Crippen LogP contribution is 2.13. The monoisotopic (exact) mass is 276 g/mol. The lowest BCUT2D eigenvalue weighted by Crippen LogP contribution is -2.38. The number of hydrogen-bond acceptors (Lipinski definition) is 3. The van der Waals surface area contributed by atoms with Crippen LogP contribution in [0.3, 0.4) is 0 Å². The Bertz CT molecular complexity index is 283. The fourth-order valence-electron chi connectivity index (χ4n) is 1.12. The second kappa shape index (κ2) is 5.24. The first kappa shape index (κ1) is 12.1. The van der Waals surface area contributed by atoms with Gasteiger partial charge < -0.3 is 5.32 Å². The second-order valence-corrected chi connectivity index (χ2v) is 5.79. The van der Waals surface area contributed by atoms with E-state index in [1.54, 1.807) is 11.3 Å². The summed E-state index contributed by atoms with van der Waals surface area (Å²) in [6, 6.07) is 0. The Morgan fingerprint density at radius 3 is 2.79 bits per heavy atom. The van der Waals surface area contributed by atoms with E-state index in [-0.39, 0.29) is 5.54 Å². The first-order valence-corrected chi connectivity index (χ1v) is 6.75. The molecular formula is C10H17BrN2S. The molecule has 2 nitrogen and oxygen atoms in total. The summed E-state index contributed by atoms with van der Waals surface area (Å²) in [4.78, 5) is 4.42. The van der Waals surface area contributed by atoms with E-state index < -0.39 is 0 Å². The maximum atomic E-state index is 4.42. The second-order valence-electron chi connectivity index (χ2n) is 4.06. The van der Waals surface area contributed by atoms with Gasteiger partial charge in [-0.25, -0.2) is 4.98 Å². The maximum Gasteiger partial charge on any atom is 0.107 e. The van der Waals surface area contributed by atoms with Crippen LogP contribution in [0.25, 0.3) is 0 Å². The van der Waals surface area contributed by atoms with Crippen LogP contribution in [-0.4, -0.2) is 15.9 Å². The fraction of sp³-hybridized carbons (Fsp3) is 0.700. The van der Waals surface area contributed by atoms with Crippen molar-refractivity contribution >= 4 is 27.3 Å². The molecule has 1 N–H and O–H groups in total. The molecule has 0 aliphatic heterocycles. The summed E-state index contributed by atoms with van der Waals surface area (Å²) in [6.07, 6.45) is 1.12. The number of nitrogens with one attached hydrogen (secondary N) is 1. The standard InChI is InChI=1S/C10H17BrN2S/c1-8-7-14-9(13-8)6-12-10(2,3)4-5-11/h7,12H,4-6H2,1-3H3. The Balaban J connectivity index is 2.40. The van der Waals surface area contributed by atoms with E-state index in [0.717, 1.165) is 24.0 Å². The maximum absolute atomic E-state index is 4.42. The third-order valence-electron chi connectivity index (χ3n) is 2.10. The Morgan fingerprint density at radius 2 is 2.29 bits per heavy atom. The van der Waals surface area contributed by atoms with Crippen LogP contribution in [-0.2, 0) is 6.54 Å². The minimum absolute atomic E-state index is 0.184. The summed E-state index contributed by atoms with van der Waals surface area (Å²) in [5.41, 5.74) is 1.30. The molecule has 0 spiro atoms. The molecule has 0 unspecified atom stereocenters. The molecule has 80 valence electrons. The van der Waals surface area contributed by atoms with Crippen LogP contribution >= 0.6 is 27.3 Å². The molecule has 14 heavy (non-hydrogen) atoms. The molecule has 1 aromatic rings. The van der Waals surface area contributed by atoms with E-state index in [2.05, 4.69) is 45.5 Å². The number of nitrogens with zero attached hydrogens (tertiary/aromatic N) is 1. The van der Waals surface area contributed by atoms with Gasteiger partial charge in [-0.15, -0.1) is 11.3 Å². The Kier molecular flexibility index (Phi) is 4.54. The van der Waals surface area contributed by atoms with E-state index in [1.165, 1.54) is 5.01 Å². The summed E-state index contributed by atoms with van der Waals surface area (Å²) < 4.78 is 0. The summed E-state index contributed by atoms with van der Waals surface area (Å²) >= 11 is 5.19. The van der Waals surface area contributed by atoms with Gasteiger partial charge in [0.1, 0.15) is 5.01 Å². The van der Waals surface area contributed by atoms with Gasteiger partial charge in [-0.1, -0.05) is 15.9 Å². The van der Waals surface area contributed by atoms with Gasteiger partial charge in [0, 0.05) is 28.5 Å². The first-order valence-electron chi connectivity index (χ1n) is 4.75. The summed E-state index contributed by atoms with van der Waals surface area (Å²) in [5, 5.41) is 7.80. The Labute approximate surface area is 98.3 Å². The molecule has 0 aliphatic rings. The molecule has 0 aromatic carbocycles. The van der Waals surface area contributed by atoms with E-state index in [0.29, 0.717) is 0 Å². The van der Waals surface area contributed by atoms with Crippen molar-refractivity contribution in [3.05, 3.63) is 16.1 Å². The molecule has 4 heteroatoms. The van der Waals surface area contributed by atoms with E-state index in [1.807, 2.05) is 6.92 Å². The SMILES string of the molecule is Cc1csc(CNC(C)(C)CCBr)n1. The summed E-state index contributed by atoms with van der Waals surface area (Å²) in [6.45, 7) is 7.34. The topological polar surface area (TPSA) is 24.9 Å². The zero-order chi connectivity index (χ0) is 10.6. The molecule has 1 heterocycles. The van der Waals surface area contributed by atoms with Crippen molar-refractivity contribution in [1.29, 1.82) is 0 Å². The Morgan fingerprint density at radius 1 is 1.57 bits per heavy atom. The van der Waals surface area contributed by atoms with E-state index in [9.17, 15) is 0 Å². The van der Waals surface area contributed by atoms with E-state index in [4.69, 9.17) is 0 Å². The molecule has 0 radical (unpaired) electrons. The van der Waals surface area contributed by atoms with Crippen molar-refractivity contribution in [1.82, 2.24) is 10.3 Å². The first-order chi connectivity index (χ1) is 6.53. The van der Waals surface area contributed by atoms with Crippen LogP contribution < -0.4 is 5.32 Å². The molecule has 0 saturated carbocycles. The molecule has 1 aromatic heterocycles. The van der Waals surface area contributed by atoms with Crippen LogP contribution in [0.4, 0.5) is 0 Å². The van der Waals surface area contributed by atoms with Gasteiger partial charge in [-0.05, 0) is 27.2 Å². The smallest absolute Gasteiger partial charge is 0.107 e. The largest absolute Gasteiger partial charge is 0.305 e. The van der Waals surface area contributed by atoms with Crippen molar-refractivity contribution in [2.45, 2.75) is 39.3 Å². The molecule has 0 amide bonds. The lowest BCUT2D eigenvalue weighted by molar-refractivity contribution is 0.377. The molecule has 0 atom stereocenters. The summed E-state index contributed by atoms with van der Waals surface area (Å²) in [7, 11) is 0. The highest BCUT2D eigenvalue weighted by Gasteiger charge is 2.15. The van der Waals surface area contributed by atoms with Crippen molar-refractivity contribution in [3.8, 4) is 0 Å². The highest BCUT2D eigenvalue weighted by molar-refractivity contribution is 9.09. The Hall–Kier alpha value is 0.0700. The average molecular weight is 277 g/mol. The van der Waals surface area contributed by atoms with Crippen LogP contribution in [0.1, 0.15) is 31.0 Å². The van der Waals surface area contributed by atoms with Crippen molar-refractivity contribution in [2.75, 3.05) is 5.33 Å². The fourth-order valence-corrected chi connectivity index (χ4v) is 2.83. The zero-order valence-electron chi connectivity index (χ0n) is 8.93. The van der Waals surface area contributed by atoms with E-state index >= 15 is 0 Å². The number of halogens is 1. The third kappa shape index (κ3) is 4.07. The number of alkyl halides is 1. The average Bonchev–Trinajstić information content (AvgIpc) is 2.48. The minimum atomic E-state index is 0.184. The lowest BCUT2D eigenvalue weighted by Gasteiger charge is -2.24.